The van der Waals surface area contributed by atoms with E-state index >= 15 is 0 Å². The molecule has 0 spiro atoms. The highest BCUT2D eigenvalue weighted by Crippen LogP contribution is 2.46. The molecule has 25 heavy (non-hydrogen) atoms. The molecule has 0 bridgehead atoms. The molecule has 3 aliphatic rings. The second-order valence-electron chi connectivity index (χ2n) is 8.77. The van der Waals surface area contributed by atoms with Crippen molar-refractivity contribution in [3.05, 3.63) is 12.2 Å². The van der Waals surface area contributed by atoms with Gasteiger partial charge in [-0.25, -0.2) is 8.78 Å². The number of halogens is 2. The third-order valence-electron chi connectivity index (χ3n) is 7.54. The summed E-state index contributed by atoms with van der Waals surface area (Å²) < 4.78 is 31.6. The summed E-state index contributed by atoms with van der Waals surface area (Å²) in [5.74, 6) is 2.80. The molecule has 0 atom stereocenters. The first-order valence-electron chi connectivity index (χ1n) is 10.8. The molecule has 3 saturated carbocycles. The normalized spacial score (nSPS) is 40.8. The average Bonchev–Trinajstić information content (AvgIpc) is 2.68. The molecule has 0 amide bonds. The molecule has 0 aromatic heterocycles. The van der Waals surface area contributed by atoms with Crippen molar-refractivity contribution in [3.8, 4) is 0 Å². The molecule has 3 heteroatoms. The van der Waals surface area contributed by atoms with Crippen LogP contribution in [0.15, 0.2) is 12.2 Å². The molecule has 0 unspecified atom stereocenters. The molecule has 0 heterocycles. The molecule has 0 aromatic rings. The van der Waals surface area contributed by atoms with Crippen molar-refractivity contribution in [1.82, 2.24) is 0 Å². The van der Waals surface area contributed by atoms with Gasteiger partial charge in [0.05, 0.1) is 6.10 Å². The van der Waals surface area contributed by atoms with Crippen LogP contribution in [0.4, 0.5) is 8.78 Å². The van der Waals surface area contributed by atoms with E-state index in [0.29, 0.717) is 6.10 Å². The van der Waals surface area contributed by atoms with Crippen molar-refractivity contribution in [2.75, 3.05) is 6.61 Å². The number of hydrogen-bond donors (Lipinski definition) is 0. The molecule has 3 aliphatic carbocycles. The molecule has 0 N–H and O–H groups in total. The lowest BCUT2D eigenvalue weighted by Gasteiger charge is -2.41. The Morgan fingerprint density at radius 1 is 0.760 bits per heavy atom. The molecule has 0 aliphatic heterocycles. The van der Waals surface area contributed by atoms with Gasteiger partial charge in [0, 0.05) is 12.5 Å². The minimum Gasteiger partial charge on any atom is -0.379 e. The first-order chi connectivity index (χ1) is 12.2. The average molecular weight is 355 g/mol. The predicted octanol–water partition coefficient (Wildman–Crippen LogP) is 6.97. The molecule has 0 aromatic carbocycles. The third kappa shape index (κ3) is 5.05. The van der Waals surface area contributed by atoms with E-state index in [1.165, 1.54) is 51.4 Å². The summed E-state index contributed by atoms with van der Waals surface area (Å²) in [7, 11) is 0. The van der Waals surface area contributed by atoms with Gasteiger partial charge in [0.2, 0.25) is 0 Å². The van der Waals surface area contributed by atoms with Gasteiger partial charge in [-0.3, -0.25) is 0 Å². The molecule has 0 radical (unpaired) electrons. The van der Waals surface area contributed by atoms with Gasteiger partial charge in [0.25, 0.3) is 0 Å². The monoisotopic (exact) mass is 354 g/mol. The fourth-order valence-corrected chi connectivity index (χ4v) is 6.01. The van der Waals surface area contributed by atoms with Crippen molar-refractivity contribution in [1.29, 1.82) is 0 Å². The third-order valence-corrected chi connectivity index (χ3v) is 7.54. The van der Waals surface area contributed by atoms with E-state index in [1.54, 1.807) is 0 Å². The first kappa shape index (κ1) is 19.3. The zero-order valence-electron chi connectivity index (χ0n) is 15.9. The minimum atomic E-state index is -0.523. The lowest BCUT2D eigenvalue weighted by atomic mass is 9.65. The maximum absolute atomic E-state index is 13.4. The molecular formula is C22H36F2O. The summed E-state index contributed by atoms with van der Waals surface area (Å²) in [6, 6.07) is 0. The maximum Gasteiger partial charge on any atom is 0.131 e. The zero-order valence-corrected chi connectivity index (χ0v) is 15.9. The van der Waals surface area contributed by atoms with E-state index in [9.17, 15) is 8.78 Å². The second-order valence-corrected chi connectivity index (χ2v) is 8.77. The Bertz CT molecular complexity index is 412. The van der Waals surface area contributed by atoms with Crippen LogP contribution in [0.5, 0.6) is 0 Å². The summed E-state index contributed by atoms with van der Waals surface area (Å²) in [4.78, 5) is 0. The summed E-state index contributed by atoms with van der Waals surface area (Å²) in [5.41, 5.74) is 0. The molecule has 0 saturated heterocycles. The summed E-state index contributed by atoms with van der Waals surface area (Å²) in [6.07, 6.45) is 15.4. The minimum absolute atomic E-state index is 0.141. The van der Waals surface area contributed by atoms with Crippen LogP contribution in [-0.2, 0) is 4.74 Å². The lowest BCUT2D eigenvalue weighted by molar-refractivity contribution is 0.0117. The van der Waals surface area contributed by atoms with Crippen LogP contribution in [0.25, 0.3) is 0 Å². The van der Waals surface area contributed by atoms with Crippen molar-refractivity contribution in [3.63, 3.8) is 0 Å². The van der Waals surface area contributed by atoms with Crippen LogP contribution in [0.2, 0.25) is 0 Å². The van der Waals surface area contributed by atoms with Gasteiger partial charge < -0.3 is 4.74 Å². The van der Waals surface area contributed by atoms with Crippen molar-refractivity contribution in [2.24, 2.45) is 29.6 Å². The van der Waals surface area contributed by atoms with Crippen molar-refractivity contribution < 1.29 is 13.5 Å². The van der Waals surface area contributed by atoms with Gasteiger partial charge in [-0.15, -0.1) is 0 Å². The van der Waals surface area contributed by atoms with Crippen LogP contribution < -0.4 is 0 Å². The Morgan fingerprint density at radius 3 is 1.56 bits per heavy atom. The first-order valence-corrected chi connectivity index (χ1v) is 10.8. The summed E-state index contributed by atoms with van der Waals surface area (Å²) >= 11 is 0. The van der Waals surface area contributed by atoms with Crippen LogP contribution >= 0.6 is 0 Å². The van der Waals surface area contributed by atoms with Crippen LogP contribution in [-0.4, -0.2) is 12.7 Å². The molecule has 3 rings (SSSR count). The molecule has 3 fully saturated rings. The number of ether oxygens (including phenoxy) is 1. The van der Waals surface area contributed by atoms with Gasteiger partial charge in [0.1, 0.15) is 12.2 Å². The maximum atomic E-state index is 13.4. The predicted molar refractivity (Wildman–Crippen MR) is 98.6 cm³/mol. The van der Waals surface area contributed by atoms with E-state index in [1.807, 2.05) is 0 Å². The summed E-state index contributed by atoms with van der Waals surface area (Å²) in [5, 5.41) is 0. The van der Waals surface area contributed by atoms with Crippen LogP contribution in [0.3, 0.4) is 0 Å². The van der Waals surface area contributed by atoms with Crippen molar-refractivity contribution >= 4 is 0 Å². The number of rotatable bonds is 5. The van der Waals surface area contributed by atoms with Gasteiger partial charge in [0.15, 0.2) is 0 Å². The van der Waals surface area contributed by atoms with E-state index in [2.05, 4.69) is 6.92 Å². The molecule has 1 nitrogen and oxygen atoms in total. The van der Waals surface area contributed by atoms with E-state index in [0.717, 1.165) is 56.0 Å². The Labute approximate surface area is 152 Å². The van der Waals surface area contributed by atoms with Gasteiger partial charge in [-0.1, -0.05) is 0 Å². The summed E-state index contributed by atoms with van der Waals surface area (Å²) in [6.45, 7) is 2.96. The lowest BCUT2D eigenvalue weighted by Crippen LogP contribution is -2.31. The van der Waals surface area contributed by atoms with Gasteiger partial charge in [-0.05, 0) is 108 Å². The Kier molecular flexibility index (Phi) is 7.33. The van der Waals surface area contributed by atoms with Gasteiger partial charge in [-0.2, -0.15) is 0 Å². The highest BCUT2D eigenvalue weighted by atomic mass is 19.2. The van der Waals surface area contributed by atoms with Crippen molar-refractivity contribution in [2.45, 2.75) is 90.1 Å². The van der Waals surface area contributed by atoms with E-state index in [-0.39, 0.29) is 12.2 Å². The van der Waals surface area contributed by atoms with Crippen LogP contribution in [0, 0.1) is 29.6 Å². The van der Waals surface area contributed by atoms with E-state index < -0.39 is 5.83 Å². The smallest absolute Gasteiger partial charge is 0.131 e. The Morgan fingerprint density at radius 2 is 1.16 bits per heavy atom. The highest BCUT2D eigenvalue weighted by Gasteiger charge is 2.35. The SMILES string of the molecule is CCOC1CCC(C2CCC(C3CCC(/C(F)=C/F)CC3)CC2)CC1. The quantitative estimate of drug-likeness (QED) is 0.518. The van der Waals surface area contributed by atoms with Gasteiger partial charge >= 0.3 is 0 Å². The Balaban J connectivity index is 1.38. The fraction of sp³-hybridized carbons (Fsp3) is 0.909. The fourth-order valence-electron chi connectivity index (χ4n) is 6.01. The number of allylic oxidation sites excluding steroid dienone is 1. The standard InChI is InChI=1S/C22H36F2O/c1-2-25-21-13-11-19(12-14-21)17-5-3-16(4-6-17)18-7-9-20(10-8-18)22(24)15-23/h15-21H,2-14H2,1H3/b22-15-. The van der Waals surface area contributed by atoms with Crippen LogP contribution in [0.1, 0.15) is 84.0 Å². The topological polar surface area (TPSA) is 9.23 Å². The Hall–Kier alpha value is -0.440. The second kappa shape index (κ2) is 9.48. The molecule has 144 valence electrons. The highest BCUT2D eigenvalue weighted by molar-refractivity contribution is 4.96. The molecular weight excluding hydrogens is 318 g/mol. The largest absolute Gasteiger partial charge is 0.379 e. The number of hydrogen-bond acceptors (Lipinski definition) is 1. The van der Waals surface area contributed by atoms with E-state index in [4.69, 9.17) is 4.74 Å². The zero-order chi connectivity index (χ0) is 17.6.